The monoisotopic (exact) mass is 271 g/mol. The summed E-state index contributed by atoms with van der Waals surface area (Å²) in [5.41, 5.74) is 1.33. The largest absolute Gasteiger partial charge is 0.294 e. The van der Waals surface area contributed by atoms with E-state index in [-0.39, 0.29) is 22.4 Å². The summed E-state index contributed by atoms with van der Waals surface area (Å²) in [5.74, 6) is -0.117. The van der Waals surface area contributed by atoms with Gasteiger partial charge < -0.3 is 0 Å². The van der Waals surface area contributed by atoms with Crippen LogP contribution >= 0.6 is 0 Å². The molecule has 0 saturated heterocycles. The smallest absolute Gasteiger partial charge is 0.282 e. The van der Waals surface area contributed by atoms with E-state index in [1.165, 1.54) is 12.1 Å². The third kappa shape index (κ3) is 2.94. The van der Waals surface area contributed by atoms with Gasteiger partial charge in [-0.1, -0.05) is 27.7 Å². The van der Waals surface area contributed by atoms with E-state index >= 15 is 0 Å². The summed E-state index contributed by atoms with van der Waals surface area (Å²) in [7, 11) is -4.28. The zero-order valence-electron chi connectivity index (χ0n) is 10.8. The Morgan fingerprint density at radius 3 is 1.67 bits per heavy atom. The van der Waals surface area contributed by atoms with Gasteiger partial charge in [0.25, 0.3) is 10.1 Å². The average Bonchev–Trinajstić information content (AvgIpc) is 2.25. The van der Waals surface area contributed by atoms with Gasteiger partial charge in [0.2, 0.25) is 0 Å². The van der Waals surface area contributed by atoms with Gasteiger partial charge in [-0.3, -0.25) is 4.55 Å². The van der Waals surface area contributed by atoms with Crippen molar-refractivity contribution in [3.8, 4) is 0 Å². The van der Waals surface area contributed by atoms with Crippen LogP contribution in [0.25, 0.3) is 0 Å². The van der Waals surface area contributed by atoms with Gasteiger partial charge in [0.05, 0.1) is 4.90 Å². The second kappa shape index (κ2) is 5.16. The number of nitroso groups, excluding NO2 is 1. The number of hydrogen-bond donors (Lipinski definition) is 1. The Morgan fingerprint density at radius 2 is 1.44 bits per heavy atom. The van der Waals surface area contributed by atoms with E-state index in [2.05, 4.69) is 5.18 Å². The molecule has 0 atom stereocenters. The molecule has 0 aliphatic rings. The lowest BCUT2D eigenvalue weighted by atomic mass is 9.93. The van der Waals surface area contributed by atoms with Crippen LogP contribution in [0.2, 0.25) is 0 Å². The van der Waals surface area contributed by atoms with Crippen LogP contribution < -0.4 is 0 Å². The third-order valence-electron chi connectivity index (χ3n) is 2.78. The highest BCUT2D eigenvalue weighted by Gasteiger charge is 2.20. The fourth-order valence-electron chi connectivity index (χ4n) is 1.79. The van der Waals surface area contributed by atoms with Gasteiger partial charge in [-0.25, -0.2) is 0 Å². The Labute approximate surface area is 107 Å². The highest BCUT2D eigenvalue weighted by Crippen LogP contribution is 2.36. The van der Waals surface area contributed by atoms with Crippen molar-refractivity contribution in [1.29, 1.82) is 0 Å². The molecule has 0 heterocycles. The van der Waals surface area contributed by atoms with E-state index in [0.29, 0.717) is 11.1 Å². The zero-order chi connectivity index (χ0) is 14.1. The molecule has 6 heteroatoms. The molecule has 0 amide bonds. The quantitative estimate of drug-likeness (QED) is 0.670. The van der Waals surface area contributed by atoms with Gasteiger partial charge in [0.1, 0.15) is 5.69 Å². The summed E-state index contributed by atoms with van der Waals surface area (Å²) in [6.07, 6.45) is 0. The summed E-state index contributed by atoms with van der Waals surface area (Å²) in [6.45, 7) is 7.34. The normalized spacial score (nSPS) is 12.2. The maximum atomic E-state index is 11.2. The molecule has 1 aromatic rings. The second-order valence-electron chi connectivity index (χ2n) is 4.83. The van der Waals surface area contributed by atoms with Gasteiger partial charge >= 0.3 is 0 Å². The standard InChI is InChI=1S/C12H17NO4S/c1-7(2)10-5-9(18(15,16)17)6-11(8(3)4)12(10)13-14/h5-8H,1-4H3,(H,15,16,17). The Morgan fingerprint density at radius 1 is 1.06 bits per heavy atom. The van der Waals surface area contributed by atoms with Crippen LogP contribution in [0.1, 0.15) is 50.7 Å². The molecule has 1 rings (SSSR count). The van der Waals surface area contributed by atoms with E-state index in [9.17, 15) is 13.3 Å². The molecule has 0 spiro atoms. The van der Waals surface area contributed by atoms with Gasteiger partial charge in [0, 0.05) is 0 Å². The van der Waals surface area contributed by atoms with Gasteiger partial charge in [-0.05, 0) is 40.3 Å². The Kier molecular flexibility index (Phi) is 4.24. The number of rotatable bonds is 4. The molecule has 100 valence electrons. The topological polar surface area (TPSA) is 83.8 Å². The molecule has 18 heavy (non-hydrogen) atoms. The number of hydrogen-bond acceptors (Lipinski definition) is 4. The van der Waals surface area contributed by atoms with Crippen molar-refractivity contribution in [2.45, 2.75) is 44.4 Å². The lowest BCUT2D eigenvalue weighted by Gasteiger charge is -2.16. The Bertz CT molecular complexity index is 532. The molecule has 0 saturated carbocycles. The predicted octanol–water partition coefficient (Wildman–Crippen LogP) is 3.58. The summed E-state index contributed by atoms with van der Waals surface area (Å²) >= 11 is 0. The SMILES string of the molecule is CC(C)c1cc(S(=O)(=O)O)cc(C(C)C)c1N=O. The molecule has 0 aliphatic carbocycles. The van der Waals surface area contributed by atoms with Crippen molar-refractivity contribution in [2.75, 3.05) is 0 Å². The van der Waals surface area contributed by atoms with Crippen LogP contribution in [0.3, 0.4) is 0 Å². The van der Waals surface area contributed by atoms with Crippen molar-refractivity contribution in [3.63, 3.8) is 0 Å². The van der Waals surface area contributed by atoms with Crippen LogP contribution in [0.5, 0.6) is 0 Å². The molecule has 0 fully saturated rings. The first kappa shape index (κ1) is 14.8. The Balaban J connectivity index is 3.70. The van der Waals surface area contributed by atoms with Crippen LogP contribution in [0, 0.1) is 4.91 Å². The van der Waals surface area contributed by atoms with Crippen molar-refractivity contribution in [2.24, 2.45) is 5.18 Å². The molecule has 5 nitrogen and oxygen atoms in total. The molecule has 0 aromatic heterocycles. The zero-order valence-corrected chi connectivity index (χ0v) is 11.7. The first-order valence-corrected chi connectivity index (χ1v) is 7.11. The first-order chi connectivity index (χ1) is 8.18. The molecule has 0 radical (unpaired) electrons. The van der Waals surface area contributed by atoms with Crippen LogP contribution in [0.4, 0.5) is 5.69 Å². The van der Waals surface area contributed by atoms with Crippen molar-refractivity contribution in [1.82, 2.24) is 0 Å². The minimum absolute atomic E-state index is 0.0584. The summed E-state index contributed by atoms with van der Waals surface area (Å²) in [5, 5.41) is 3.01. The van der Waals surface area contributed by atoms with Crippen molar-refractivity contribution < 1.29 is 13.0 Å². The lowest BCUT2D eigenvalue weighted by molar-refractivity contribution is 0.483. The summed E-state index contributed by atoms with van der Waals surface area (Å²) in [4.78, 5) is 10.8. The first-order valence-electron chi connectivity index (χ1n) is 5.67. The van der Waals surface area contributed by atoms with Crippen molar-refractivity contribution >= 4 is 15.8 Å². The van der Waals surface area contributed by atoms with E-state index in [4.69, 9.17) is 4.55 Å². The minimum Gasteiger partial charge on any atom is -0.282 e. The van der Waals surface area contributed by atoms with Crippen LogP contribution in [-0.4, -0.2) is 13.0 Å². The van der Waals surface area contributed by atoms with Crippen molar-refractivity contribution in [3.05, 3.63) is 28.2 Å². The maximum absolute atomic E-state index is 11.2. The molecule has 0 unspecified atom stereocenters. The highest BCUT2D eigenvalue weighted by atomic mass is 32.2. The van der Waals surface area contributed by atoms with E-state index < -0.39 is 10.1 Å². The molecule has 1 N–H and O–H groups in total. The fraction of sp³-hybridized carbons (Fsp3) is 0.500. The molecular formula is C12H17NO4S. The fourth-order valence-corrected chi connectivity index (χ4v) is 2.34. The third-order valence-corrected chi connectivity index (χ3v) is 3.61. The average molecular weight is 271 g/mol. The van der Waals surface area contributed by atoms with Crippen LogP contribution in [0.15, 0.2) is 22.2 Å². The number of benzene rings is 1. The summed E-state index contributed by atoms with van der Waals surface area (Å²) in [6, 6.07) is 2.62. The minimum atomic E-state index is -4.28. The maximum Gasteiger partial charge on any atom is 0.294 e. The summed E-state index contributed by atoms with van der Waals surface area (Å²) < 4.78 is 31.6. The molecule has 0 aliphatic heterocycles. The van der Waals surface area contributed by atoms with E-state index in [1.54, 1.807) is 0 Å². The molecule has 1 aromatic carbocycles. The number of nitrogens with zero attached hydrogens (tertiary/aromatic N) is 1. The van der Waals surface area contributed by atoms with Crippen LogP contribution in [-0.2, 0) is 10.1 Å². The predicted molar refractivity (Wildman–Crippen MR) is 69.9 cm³/mol. The van der Waals surface area contributed by atoms with Gasteiger partial charge in [-0.2, -0.15) is 8.42 Å². The van der Waals surface area contributed by atoms with E-state index in [0.717, 1.165) is 0 Å². The Hall–Kier alpha value is -1.27. The van der Waals surface area contributed by atoms with E-state index in [1.807, 2.05) is 27.7 Å². The highest BCUT2D eigenvalue weighted by molar-refractivity contribution is 7.85. The molecule has 0 bridgehead atoms. The van der Waals surface area contributed by atoms with Gasteiger partial charge in [0.15, 0.2) is 0 Å². The molecular weight excluding hydrogens is 254 g/mol. The lowest BCUT2D eigenvalue weighted by Crippen LogP contribution is -2.03. The van der Waals surface area contributed by atoms with Gasteiger partial charge in [-0.15, -0.1) is 4.91 Å². The second-order valence-corrected chi connectivity index (χ2v) is 6.25.